The Balaban J connectivity index is 4.43. The Morgan fingerprint density at radius 1 is 1.41 bits per heavy atom. The lowest BCUT2D eigenvalue weighted by Crippen LogP contribution is -2.37. The third kappa shape index (κ3) is 8.25. The Hall–Kier alpha value is -1.58. The van der Waals surface area contributed by atoms with Gasteiger partial charge in [0.05, 0.1) is 0 Å². The molecule has 0 rings (SSSR count). The van der Waals surface area contributed by atoms with Gasteiger partial charge in [-0.25, -0.2) is 4.79 Å². The smallest absolute Gasteiger partial charge is 0.410 e. The highest BCUT2D eigenvalue weighted by molar-refractivity contribution is 5.69. The fourth-order valence-electron chi connectivity index (χ4n) is 1.07. The summed E-state index contributed by atoms with van der Waals surface area (Å²) in [4.78, 5) is 23.5. The van der Waals surface area contributed by atoms with E-state index in [-0.39, 0.29) is 6.09 Å². The van der Waals surface area contributed by atoms with Crippen molar-refractivity contribution in [2.45, 2.75) is 32.8 Å². The molecule has 0 aromatic heterocycles. The zero-order valence-electron chi connectivity index (χ0n) is 10.8. The number of carbonyl (C=O) groups excluding carboxylic acids is 2. The SMILES string of the molecule is C=CCCN(C/C=C/C=O)C(=O)OC(C)(C)C. The van der Waals surface area contributed by atoms with E-state index >= 15 is 0 Å². The highest BCUT2D eigenvalue weighted by Crippen LogP contribution is 2.10. The Labute approximate surface area is 103 Å². The van der Waals surface area contributed by atoms with Gasteiger partial charge in [0, 0.05) is 13.1 Å². The number of hydrogen-bond donors (Lipinski definition) is 0. The summed E-state index contributed by atoms with van der Waals surface area (Å²) < 4.78 is 5.26. The van der Waals surface area contributed by atoms with Gasteiger partial charge in [0.2, 0.25) is 0 Å². The first-order chi connectivity index (χ1) is 7.90. The lowest BCUT2D eigenvalue weighted by Gasteiger charge is -2.26. The van der Waals surface area contributed by atoms with E-state index in [0.717, 1.165) is 0 Å². The predicted molar refractivity (Wildman–Crippen MR) is 67.8 cm³/mol. The second-order valence-corrected chi connectivity index (χ2v) is 4.57. The molecule has 0 fully saturated rings. The van der Waals surface area contributed by atoms with E-state index in [1.807, 2.05) is 20.8 Å². The molecule has 96 valence electrons. The van der Waals surface area contributed by atoms with Crippen LogP contribution in [0.5, 0.6) is 0 Å². The van der Waals surface area contributed by atoms with Crippen molar-refractivity contribution >= 4 is 12.4 Å². The van der Waals surface area contributed by atoms with E-state index in [0.29, 0.717) is 25.8 Å². The van der Waals surface area contributed by atoms with Crippen molar-refractivity contribution in [3.05, 3.63) is 24.8 Å². The van der Waals surface area contributed by atoms with Crippen LogP contribution in [0.1, 0.15) is 27.2 Å². The van der Waals surface area contributed by atoms with E-state index < -0.39 is 5.60 Å². The van der Waals surface area contributed by atoms with Gasteiger partial charge in [-0.1, -0.05) is 12.2 Å². The molecule has 0 saturated carbocycles. The van der Waals surface area contributed by atoms with Crippen LogP contribution in [0.4, 0.5) is 4.79 Å². The predicted octanol–water partition coefficient (Wildman–Crippen LogP) is 2.55. The summed E-state index contributed by atoms with van der Waals surface area (Å²) in [7, 11) is 0. The first-order valence-electron chi connectivity index (χ1n) is 5.60. The number of ether oxygens (including phenoxy) is 1. The Kier molecular flexibility index (Phi) is 6.94. The zero-order chi connectivity index (χ0) is 13.3. The molecule has 0 heterocycles. The fraction of sp³-hybridized carbons (Fsp3) is 0.538. The third-order valence-electron chi connectivity index (χ3n) is 1.80. The van der Waals surface area contributed by atoms with Crippen LogP contribution in [0.3, 0.4) is 0 Å². The number of hydrogen-bond acceptors (Lipinski definition) is 3. The average molecular weight is 239 g/mol. The summed E-state index contributed by atoms with van der Waals surface area (Å²) in [5.74, 6) is 0. The zero-order valence-corrected chi connectivity index (χ0v) is 10.8. The van der Waals surface area contributed by atoms with Gasteiger partial charge in [-0.3, -0.25) is 4.79 Å². The quantitative estimate of drug-likeness (QED) is 0.406. The molecular weight excluding hydrogens is 218 g/mol. The maximum Gasteiger partial charge on any atom is 0.410 e. The minimum Gasteiger partial charge on any atom is -0.444 e. The molecule has 0 aliphatic rings. The molecule has 0 saturated heterocycles. The minimum absolute atomic E-state index is 0.363. The molecule has 0 unspecified atom stereocenters. The van der Waals surface area contributed by atoms with Crippen LogP contribution in [0, 0.1) is 0 Å². The number of rotatable bonds is 6. The van der Waals surface area contributed by atoms with E-state index in [1.54, 1.807) is 12.2 Å². The molecule has 0 aromatic carbocycles. The Bertz CT molecular complexity index is 290. The number of nitrogens with zero attached hydrogens (tertiary/aromatic N) is 1. The molecule has 0 atom stereocenters. The van der Waals surface area contributed by atoms with Crippen LogP contribution >= 0.6 is 0 Å². The van der Waals surface area contributed by atoms with Crippen molar-refractivity contribution in [3.63, 3.8) is 0 Å². The summed E-state index contributed by atoms with van der Waals surface area (Å²) in [6.45, 7) is 9.95. The maximum absolute atomic E-state index is 11.8. The van der Waals surface area contributed by atoms with E-state index in [1.165, 1.54) is 11.0 Å². The Morgan fingerprint density at radius 3 is 2.53 bits per heavy atom. The van der Waals surface area contributed by atoms with Gasteiger partial charge >= 0.3 is 6.09 Å². The average Bonchev–Trinajstić information content (AvgIpc) is 2.20. The summed E-state index contributed by atoms with van der Waals surface area (Å²) in [6.07, 6.45) is 5.72. The molecule has 17 heavy (non-hydrogen) atoms. The molecule has 0 spiro atoms. The monoisotopic (exact) mass is 239 g/mol. The van der Waals surface area contributed by atoms with E-state index in [4.69, 9.17) is 4.74 Å². The minimum atomic E-state index is -0.516. The topological polar surface area (TPSA) is 46.6 Å². The highest BCUT2D eigenvalue weighted by atomic mass is 16.6. The van der Waals surface area contributed by atoms with Gasteiger partial charge in [-0.15, -0.1) is 6.58 Å². The molecule has 0 aromatic rings. The van der Waals surface area contributed by atoms with Crippen molar-refractivity contribution in [1.29, 1.82) is 0 Å². The molecule has 0 aliphatic carbocycles. The number of amides is 1. The van der Waals surface area contributed by atoms with E-state index in [9.17, 15) is 9.59 Å². The van der Waals surface area contributed by atoms with Gasteiger partial charge in [-0.05, 0) is 33.3 Å². The van der Waals surface area contributed by atoms with Crippen molar-refractivity contribution in [2.24, 2.45) is 0 Å². The largest absolute Gasteiger partial charge is 0.444 e. The third-order valence-corrected chi connectivity index (χ3v) is 1.80. The molecule has 0 N–H and O–H groups in total. The van der Waals surface area contributed by atoms with Gasteiger partial charge < -0.3 is 9.64 Å². The Morgan fingerprint density at radius 2 is 2.06 bits per heavy atom. The lowest BCUT2D eigenvalue weighted by molar-refractivity contribution is -0.104. The second-order valence-electron chi connectivity index (χ2n) is 4.57. The van der Waals surface area contributed by atoms with Gasteiger partial charge in [-0.2, -0.15) is 0 Å². The molecule has 0 bridgehead atoms. The summed E-state index contributed by atoms with van der Waals surface area (Å²) in [5.41, 5.74) is -0.516. The molecule has 4 nitrogen and oxygen atoms in total. The first kappa shape index (κ1) is 15.4. The van der Waals surface area contributed by atoms with Gasteiger partial charge in [0.1, 0.15) is 11.9 Å². The van der Waals surface area contributed by atoms with Crippen molar-refractivity contribution in [1.82, 2.24) is 4.90 Å². The lowest BCUT2D eigenvalue weighted by atomic mass is 10.2. The first-order valence-corrected chi connectivity index (χ1v) is 5.60. The number of carbonyl (C=O) groups is 2. The molecule has 4 heteroatoms. The van der Waals surface area contributed by atoms with Crippen LogP contribution < -0.4 is 0 Å². The van der Waals surface area contributed by atoms with Gasteiger partial charge in [0.25, 0.3) is 0 Å². The summed E-state index contributed by atoms with van der Waals surface area (Å²) >= 11 is 0. The van der Waals surface area contributed by atoms with Crippen LogP contribution in [0.25, 0.3) is 0 Å². The van der Waals surface area contributed by atoms with E-state index in [2.05, 4.69) is 6.58 Å². The molecule has 0 radical (unpaired) electrons. The summed E-state index contributed by atoms with van der Waals surface area (Å²) in [6, 6.07) is 0. The van der Waals surface area contributed by atoms with Crippen molar-refractivity contribution in [2.75, 3.05) is 13.1 Å². The van der Waals surface area contributed by atoms with Crippen LogP contribution in [0.15, 0.2) is 24.8 Å². The fourth-order valence-corrected chi connectivity index (χ4v) is 1.07. The van der Waals surface area contributed by atoms with Crippen LogP contribution in [-0.2, 0) is 9.53 Å². The van der Waals surface area contributed by atoms with Crippen LogP contribution in [-0.4, -0.2) is 36.0 Å². The van der Waals surface area contributed by atoms with Crippen molar-refractivity contribution in [3.8, 4) is 0 Å². The standard InChI is InChI=1S/C13H21NO3/c1-5-6-9-14(10-7-8-11-15)12(16)17-13(2,3)4/h5,7-8,11H,1,6,9-10H2,2-4H3/b8-7+. The number of allylic oxidation sites excluding steroid dienone is 1. The number of aldehydes is 1. The molecule has 1 amide bonds. The second kappa shape index (κ2) is 7.65. The van der Waals surface area contributed by atoms with Gasteiger partial charge in [0.15, 0.2) is 0 Å². The molecular formula is C13H21NO3. The molecule has 0 aliphatic heterocycles. The normalized spacial score (nSPS) is 11.2. The maximum atomic E-state index is 11.8. The summed E-state index contributed by atoms with van der Waals surface area (Å²) in [5, 5.41) is 0. The van der Waals surface area contributed by atoms with Crippen LogP contribution in [0.2, 0.25) is 0 Å². The van der Waals surface area contributed by atoms with Crippen molar-refractivity contribution < 1.29 is 14.3 Å². The highest BCUT2D eigenvalue weighted by Gasteiger charge is 2.20.